The SMILES string of the molecule is CCC1(C(=O)NC(CC(=O)O)C(=O)COc2c(F)c(F)cc(F)c2F)CC(c2nccc3ccccc23)=NO1. The molecular weight excluding hydrogens is 526 g/mol. The van der Waals surface area contributed by atoms with Gasteiger partial charge in [-0.15, -0.1) is 0 Å². The van der Waals surface area contributed by atoms with Crippen LogP contribution in [0, 0.1) is 23.3 Å². The number of carbonyl (C=O) groups is 3. The van der Waals surface area contributed by atoms with Crippen molar-refractivity contribution in [1.82, 2.24) is 10.3 Å². The van der Waals surface area contributed by atoms with Crippen molar-refractivity contribution in [2.75, 3.05) is 6.61 Å². The number of pyridine rings is 1. The molecule has 1 aromatic heterocycles. The van der Waals surface area contributed by atoms with Crippen molar-refractivity contribution in [1.29, 1.82) is 0 Å². The number of nitrogens with one attached hydrogen (secondary N) is 1. The lowest BCUT2D eigenvalue weighted by Crippen LogP contribution is -2.53. The zero-order valence-electron chi connectivity index (χ0n) is 20.3. The van der Waals surface area contributed by atoms with E-state index in [1.165, 1.54) is 0 Å². The van der Waals surface area contributed by atoms with Gasteiger partial charge in [0.25, 0.3) is 5.91 Å². The molecule has 1 amide bonds. The number of carbonyl (C=O) groups excluding carboxylic acids is 2. The van der Waals surface area contributed by atoms with Crippen molar-refractivity contribution < 1.29 is 46.6 Å². The molecule has 0 bridgehead atoms. The zero-order chi connectivity index (χ0) is 28.3. The van der Waals surface area contributed by atoms with Gasteiger partial charge in [-0.3, -0.25) is 19.4 Å². The molecule has 0 saturated carbocycles. The number of amides is 1. The minimum atomic E-state index is -1.88. The van der Waals surface area contributed by atoms with Gasteiger partial charge in [-0.05, 0) is 17.9 Å². The number of carboxylic acids is 1. The molecule has 2 unspecified atom stereocenters. The number of carboxylic acid groups (broad SMARTS) is 1. The van der Waals surface area contributed by atoms with Crippen LogP contribution in [0.25, 0.3) is 10.8 Å². The van der Waals surface area contributed by atoms with Crippen LogP contribution < -0.4 is 10.1 Å². The van der Waals surface area contributed by atoms with Gasteiger partial charge in [-0.1, -0.05) is 36.3 Å². The Kier molecular flexibility index (Phi) is 7.79. The first-order chi connectivity index (χ1) is 18.6. The summed E-state index contributed by atoms with van der Waals surface area (Å²) in [6, 6.07) is 7.38. The van der Waals surface area contributed by atoms with Crippen LogP contribution in [-0.4, -0.2) is 51.7 Å². The van der Waals surface area contributed by atoms with Gasteiger partial charge < -0.3 is 20.0 Å². The second kappa shape index (κ2) is 11.1. The molecule has 0 radical (unpaired) electrons. The van der Waals surface area contributed by atoms with Crippen LogP contribution in [0.5, 0.6) is 5.75 Å². The van der Waals surface area contributed by atoms with Gasteiger partial charge in [-0.25, -0.2) is 8.78 Å². The average Bonchev–Trinajstić information content (AvgIpc) is 3.36. The van der Waals surface area contributed by atoms with E-state index >= 15 is 0 Å². The highest BCUT2D eigenvalue weighted by molar-refractivity contribution is 6.12. The second-order valence-electron chi connectivity index (χ2n) is 8.71. The Morgan fingerprint density at radius 3 is 2.49 bits per heavy atom. The highest BCUT2D eigenvalue weighted by Gasteiger charge is 2.47. The number of oxime groups is 1. The number of ketones is 1. The molecule has 2 heterocycles. The molecule has 9 nitrogen and oxygen atoms in total. The fourth-order valence-corrected chi connectivity index (χ4v) is 4.06. The number of ether oxygens (including phenoxy) is 1. The van der Waals surface area contributed by atoms with Gasteiger partial charge in [-0.2, -0.15) is 8.78 Å². The highest BCUT2D eigenvalue weighted by atomic mass is 19.2. The van der Waals surface area contributed by atoms with Crippen LogP contribution >= 0.6 is 0 Å². The van der Waals surface area contributed by atoms with E-state index < -0.39 is 71.3 Å². The van der Waals surface area contributed by atoms with Gasteiger partial charge in [0.1, 0.15) is 18.4 Å². The van der Waals surface area contributed by atoms with Crippen molar-refractivity contribution in [3.05, 3.63) is 71.6 Å². The van der Waals surface area contributed by atoms with Gasteiger partial charge in [0.2, 0.25) is 17.2 Å². The first-order valence-electron chi connectivity index (χ1n) is 11.7. The zero-order valence-corrected chi connectivity index (χ0v) is 20.3. The molecule has 39 heavy (non-hydrogen) atoms. The number of hydrogen-bond acceptors (Lipinski definition) is 7. The number of aromatic nitrogens is 1. The summed E-state index contributed by atoms with van der Waals surface area (Å²) in [6.45, 7) is 0.423. The summed E-state index contributed by atoms with van der Waals surface area (Å²) in [7, 11) is 0. The number of aliphatic carboxylic acids is 1. The molecule has 13 heteroatoms. The van der Waals surface area contributed by atoms with Crippen molar-refractivity contribution >= 4 is 34.1 Å². The molecular formula is C26H21F4N3O6. The third-order valence-corrected chi connectivity index (χ3v) is 6.22. The summed E-state index contributed by atoms with van der Waals surface area (Å²) in [5.41, 5.74) is -0.781. The number of halogens is 4. The van der Waals surface area contributed by atoms with Crippen molar-refractivity contribution in [3.63, 3.8) is 0 Å². The fraction of sp³-hybridized carbons (Fsp3) is 0.269. The molecule has 4 rings (SSSR count). The molecule has 0 aliphatic carbocycles. The molecule has 3 aromatic rings. The van der Waals surface area contributed by atoms with Crippen LogP contribution in [0.2, 0.25) is 0 Å². The van der Waals surface area contributed by atoms with E-state index in [0.717, 1.165) is 10.8 Å². The Morgan fingerprint density at radius 2 is 1.82 bits per heavy atom. The molecule has 0 saturated heterocycles. The maximum atomic E-state index is 13.9. The lowest BCUT2D eigenvalue weighted by atomic mass is 9.90. The van der Waals surface area contributed by atoms with Crippen molar-refractivity contribution in [2.24, 2.45) is 5.16 Å². The number of hydrogen-bond donors (Lipinski definition) is 2. The van der Waals surface area contributed by atoms with Crippen LogP contribution in [0.3, 0.4) is 0 Å². The van der Waals surface area contributed by atoms with Gasteiger partial charge in [0.05, 0.1) is 12.1 Å². The van der Waals surface area contributed by atoms with Crippen molar-refractivity contribution in [2.45, 2.75) is 37.8 Å². The Balaban J connectivity index is 1.51. The average molecular weight is 547 g/mol. The molecule has 1 aliphatic rings. The lowest BCUT2D eigenvalue weighted by molar-refractivity contribution is -0.148. The number of fused-ring (bicyclic) bond motifs is 1. The van der Waals surface area contributed by atoms with E-state index in [1.807, 2.05) is 24.3 Å². The van der Waals surface area contributed by atoms with Gasteiger partial charge in [0, 0.05) is 24.1 Å². The minimum Gasteiger partial charge on any atom is -0.481 e. The smallest absolute Gasteiger partial charge is 0.305 e. The summed E-state index contributed by atoms with van der Waals surface area (Å²) in [6.07, 6.45) is 0.665. The summed E-state index contributed by atoms with van der Waals surface area (Å²) in [5.74, 6) is -12.3. The predicted molar refractivity (Wildman–Crippen MR) is 128 cm³/mol. The van der Waals surface area contributed by atoms with E-state index in [-0.39, 0.29) is 18.9 Å². The van der Waals surface area contributed by atoms with E-state index in [4.69, 9.17) is 4.84 Å². The van der Waals surface area contributed by atoms with Crippen molar-refractivity contribution in [3.8, 4) is 5.75 Å². The quantitative estimate of drug-likeness (QED) is 0.293. The summed E-state index contributed by atoms with van der Waals surface area (Å²) < 4.78 is 59.2. The molecule has 204 valence electrons. The fourth-order valence-electron chi connectivity index (χ4n) is 4.06. The first kappa shape index (κ1) is 27.5. The molecule has 2 N–H and O–H groups in total. The lowest BCUT2D eigenvalue weighted by Gasteiger charge is -2.26. The van der Waals surface area contributed by atoms with E-state index in [9.17, 15) is 37.1 Å². The van der Waals surface area contributed by atoms with E-state index in [1.54, 1.807) is 19.2 Å². The third kappa shape index (κ3) is 5.52. The van der Waals surface area contributed by atoms with E-state index in [2.05, 4.69) is 20.2 Å². The molecule has 2 atom stereocenters. The second-order valence-corrected chi connectivity index (χ2v) is 8.71. The normalized spacial score (nSPS) is 17.3. The van der Waals surface area contributed by atoms with E-state index in [0.29, 0.717) is 11.4 Å². The first-order valence-corrected chi connectivity index (χ1v) is 11.7. The summed E-state index contributed by atoms with van der Waals surface area (Å²) in [5, 5.41) is 17.2. The third-order valence-electron chi connectivity index (χ3n) is 6.22. The standard InChI is InChI=1S/C26H21F4N3O6/c1-2-26(11-18(33-39-26)23-14-6-4-3-5-13(14)7-8-31-23)25(37)32-17(10-20(35)36)19(34)12-38-24-21(29)15(27)9-16(28)22(24)30/h3-9,17H,2,10-12H2,1H3,(H,32,37)(H,35,36). The maximum absolute atomic E-state index is 13.9. The Bertz CT molecular complexity index is 1470. The molecule has 0 spiro atoms. The highest BCUT2D eigenvalue weighted by Crippen LogP contribution is 2.32. The Hall–Kier alpha value is -4.55. The Labute approximate surface area is 218 Å². The van der Waals surface area contributed by atoms with Gasteiger partial charge >= 0.3 is 5.97 Å². The number of rotatable bonds is 10. The van der Waals surface area contributed by atoms with Crippen LogP contribution in [0.4, 0.5) is 17.6 Å². The Morgan fingerprint density at radius 1 is 1.13 bits per heavy atom. The number of benzene rings is 2. The largest absolute Gasteiger partial charge is 0.481 e. The van der Waals surface area contributed by atoms with Crippen LogP contribution in [-0.2, 0) is 19.2 Å². The monoisotopic (exact) mass is 547 g/mol. The summed E-state index contributed by atoms with van der Waals surface area (Å²) >= 11 is 0. The molecule has 1 aliphatic heterocycles. The topological polar surface area (TPSA) is 127 Å². The minimum absolute atomic E-state index is 0.0390. The van der Waals surface area contributed by atoms with Crippen LogP contribution in [0.15, 0.2) is 47.8 Å². The molecule has 2 aromatic carbocycles. The van der Waals surface area contributed by atoms with Gasteiger partial charge in [0.15, 0.2) is 23.2 Å². The molecule has 0 fully saturated rings. The number of nitrogens with zero attached hydrogens (tertiary/aromatic N) is 2. The summed E-state index contributed by atoms with van der Waals surface area (Å²) in [4.78, 5) is 47.2. The maximum Gasteiger partial charge on any atom is 0.305 e. The van der Waals surface area contributed by atoms with Crippen LogP contribution in [0.1, 0.15) is 31.9 Å². The predicted octanol–water partition coefficient (Wildman–Crippen LogP) is 3.67. The number of Topliss-reactive ketones (excluding diaryl/α,β-unsaturated/α-hetero) is 1.